The van der Waals surface area contributed by atoms with E-state index in [0.29, 0.717) is 0 Å². The third kappa shape index (κ3) is 8.48. The summed E-state index contributed by atoms with van der Waals surface area (Å²) in [5.74, 6) is -3.14. The van der Waals surface area contributed by atoms with Crippen molar-refractivity contribution in [2.75, 3.05) is 39.6 Å². The molecule has 0 aromatic rings. The molecule has 0 heterocycles. The van der Waals surface area contributed by atoms with Crippen LogP contribution in [0.4, 0.5) is 0 Å². The highest BCUT2D eigenvalue weighted by Gasteiger charge is 2.58. The summed E-state index contributed by atoms with van der Waals surface area (Å²) in [5, 5.41) is -1.70. The van der Waals surface area contributed by atoms with E-state index in [1.807, 2.05) is 0 Å². The summed E-state index contributed by atoms with van der Waals surface area (Å²) >= 11 is 0. The van der Waals surface area contributed by atoms with Crippen LogP contribution in [0.3, 0.4) is 0 Å². The third-order valence-electron chi connectivity index (χ3n) is 3.53. The maximum Gasteiger partial charge on any atom is 0.346 e. The largest absolute Gasteiger partial charge is 0.466 e. The van der Waals surface area contributed by atoms with E-state index in [0.717, 1.165) is 0 Å². The lowest BCUT2D eigenvalue weighted by Crippen LogP contribution is -2.35. The Morgan fingerprint density at radius 2 is 1.03 bits per heavy atom. The van der Waals surface area contributed by atoms with Crippen molar-refractivity contribution in [1.82, 2.24) is 0 Å². The number of carbonyl (C=O) groups is 2. The molecule has 29 heavy (non-hydrogen) atoms. The Hall–Kier alpha value is -0.760. The first-order chi connectivity index (χ1) is 13.7. The van der Waals surface area contributed by atoms with Crippen molar-refractivity contribution in [2.45, 2.75) is 53.4 Å². The summed E-state index contributed by atoms with van der Waals surface area (Å²) in [6.07, 6.45) is -0.550. The summed E-state index contributed by atoms with van der Waals surface area (Å²) in [5.41, 5.74) is 0. The Morgan fingerprint density at radius 3 is 1.34 bits per heavy atom. The molecule has 172 valence electrons. The lowest BCUT2D eigenvalue weighted by molar-refractivity contribution is -0.154. The van der Waals surface area contributed by atoms with Gasteiger partial charge in [-0.1, -0.05) is 0 Å². The van der Waals surface area contributed by atoms with E-state index in [4.69, 9.17) is 27.6 Å². The van der Waals surface area contributed by atoms with Gasteiger partial charge in [-0.3, -0.25) is 18.7 Å². The number of rotatable bonds is 16. The highest BCUT2D eigenvalue weighted by Crippen LogP contribution is 2.73. The molecule has 0 N–H and O–H groups in total. The van der Waals surface area contributed by atoms with Gasteiger partial charge in [0.05, 0.1) is 52.0 Å². The molecule has 0 spiro atoms. The summed E-state index contributed by atoms with van der Waals surface area (Å²) in [6.45, 7) is 9.30. The molecule has 0 aliphatic carbocycles. The van der Waals surface area contributed by atoms with Crippen LogP contribution in [0.25, 0.3) is 0 Å². The zero-order valence-corrected chi connectivity index (χ0v) is 19.9. The van der Waals surface area contributed by atoms with Gasteiger partial charge in [0.2, 0.25) is 0 Å². The van der Waals surface area contributed by atoms with Gasteiger partial charge in [-0.25, -0.2) is 0 Å². The second-order valence-corrected chi connectivity index (χ2v) is 10.2. The topological polar surface area (TPSA) is 124 Å². The molecule has 12 heteroatoms. The van der Waals surface area contributed by atoms with Gasteiger partial charge in [-0.05, 0) is 41.5 Å². The predicted molar refractivity (Wildman–Crippen MR) is 107 cm³/mol. The Balaban J connectivity index is 6.60. The highest BCUT2D eigenvalue weighted by atomic mass is 31.2. The van der Waals surface area contributed by atoms with Crippen LogP contribution < -0.4 is 0 Å². The number of hydrogen-bond donors (Lipinski definition) is 0. The molecule has 0 aliphatic rings. The van der Waals surface area contributed by atoms with E-state index < -0.39 is 44.9 Å². The van der Waals surface area contributed by atoms with Gasteiger partial charge in [0.1, 0.15) is 0 Å². The Bertz CT molecular complexity index is 545. The third-order valence-corrected chi connectivity index (χ3v) is 9.71. The molecular weight excluding hydrogens is 426 g/mol. The van der Waals surface area contributed by atoms with Crippen molar-refractivity contribution < 1.29 is 46.3 Å². The van der Waals surface area contributed by atoms with Crippen molar-refractivity contribution in [1.29, 1.82) is 0 Å². The molecule has 0 aliphatic heterocycles. The van der Waals surface area contributed by atoms with Gasteiger partial charge in [-0.15, -0.1) is 0 Å². The molecule has 0 amide bonds. The smallest absolute Gasteiger partial charge is 0.346 e. The normalized spacial score (nSPS) is 13.3. The van der Waals surface area contributed by atoms with Gasteiger partial charge in [0.15, 0.2) is 5.40 Å². The summed E-state index contributed by atoms with van der Waals surface area (Å²) in [7, 11) is -8.48. The van der Waals surface area contributed by atoms with E-state index in [-0.39, 0.29) is 39.6 Å². The Labute approximate surface area is 173 Å². The van der Waals surface area contributed by atoms with Crippen LogP contribution >= 0.6 is 15.2 Å². The Kier molecular flexibility index (Phi) is 13.9. The van der Waals surface area contributed by atoms with Gasteiger partial charge >= 0.3 is 27.1 Å². The van der Waals surface area contributed by atoms with Gasteiger partial charge < -0.3 is 27.6 Å². The first-order valence-electron chi connectivity index (χ1n) is 9.79. The predicted octanol–water partition coefficient (Wildman–Crippen LogP) is 3.98. The number of carbonyl (C=O) groups excluding carboxylic acids is 2. The highest BCUT2D eigenvalue weighted by molar-refractivity contribution is 7.72. The summed E-state index contributed by atoms with van der Waals surface area (Å²) in [4.78, 5) is 24.9. The van der Waals surface area contributed by atoms with Crippen LogP contribution in [0.5, 0.6) is 0 Å². The standard InChI is InChI=1S/C17H34O10P2/c1-7-22-15(18)13-14(16(19)23-8-2)17(28(20,24-9-3)25-10-4)29(21,26-11-5)27-12-6/h14,17H,7-13H2,1-6H3. The minimum absolute atomic E-state index is 0.00792. The Morgan fingerprint density at radius 1 is 0.655 bits per heavy atom. The lowest BCUT2D eigenvalue weighted by atomic mass is 10.1. The minimum Gasteiger partial charge on any atom is -0.466 e. The van der Waals surface area contributed by atoms with Gasteiger partial charge in [0.25, 0.3) is 0 Å². The molecule has 0 radical (unpaired) electrons. The average Bonchev–Trinajstić information content (AvgIpc) is 2.62. The van der Waals surface area contributed by atoms with E-state index in [1.54, 1.807) is 41.5 Å². The second kappa shape index (κ2) is 14.3. The van der Waals surface area contributed by atoms with E-state index >= 15 is 0 Å². The summed E-state index contributed by atoms with van der Waals surface area (Å²) < 4.78 is 58.8. The number of ether oxygens (including phenoxy) is 2. The molecule has 0 aromatic heterocycles. The van der Waals surface area contributed by atoms with Crippen molar-refractivity contribution in [3.05, 3.63) is 0 Å². The van der Waals surface area contributed by atoms with Crippen molar-refractivity contribution >= 4 is 27.1 Å². The van der Waals surface area contributed by atoms with Crippen molar-refractivity contribution in [3.63, 3.8) is 0 Å². The van der Waals surface area contributed by atoms with Crippen LogP contribution in [0.2, 0.25) is 0 Å². The van der Waals surface area contributed by atoms with Crippen LogP contribution in [-0.2, 0) is 46.3 Å². The molecular formula is C17H34O10P2. The minimum atomic E-state index is -4.24. The van der Waals surface area contributed by atoms with E-state index in [1.165, 1.54) is 0 Å². The van der Waals surface area contributed by atoms with Crippen LogP contribution in [0.15, 0.2) is 0 Å². The van der Waals surface area contributed by atoms with Gasteiger partial charge in [0, 0.05) is 0 Å². The maximum atomic E-state index is 13.7. The fraction of sp³-hybridized carbons (Fsp3) is 0.882. The zero-order valence-electron chi connectivity index (χ0n) is 18.1. The first-order valence-corrected chi connectivity index (χ1v) is 13.0. The molecule has 10 nitrogen and oxygen atoms in total. The number of hydrogen-bond acceptors (Lipinski definition) is 10. The van der Waals surface area contributed by atoms with Crippen LogP contribution in [0.1, 0.15) is 48.0 Å². The molecule has 1 atom stereocenters. The molecule has 0 saturated heterocycles. The molecule has 1 unspecified atom stereocenters. The zero-order chi connectivity index (χ0) is 22.5. The molecule has 0 rings (SSSR count). The molecule has 0 fully saturated rings. The molecule has 0 aromatic carbocycles. The second-order valence-electron chi connectivity index (χ2n) is 5.53. The molecule has 0 saturated carbocycles. The maximum absolute atomic E-state index is 13.7. The fourth-order valence-electron chi connectivity index (χ4n) is 2.67. The van der Waals surface area contributed by atoms with Crippen molar-refractivity contribution in [3.8, 4) is 0 Å². The first kappa shape index (κ1) is 28.2. The lowest BCUT2D eigenvalue weighted by Gasteiger charge is -2.34. The van der Waals surface area contributed by atoms with E-state index in [2.05, 4.69) is 0 Å². The summed E-state index contributed by atoms with van der Waals surface area (Å²) in [6, 6.07) is 0. The quantitative estimate of drug-likeness (QED) is 0.247. The van der Waals surface area contributed by atoms with Crippen molar-refractivity contribution in [2.24, 2.45) is 5.92 Å². The van der Waals surface area contributed by atoms with E-state index in [9.17, 15) is 18.7 Å². The average molecular weight is 460 g/mol. The SMILES string of the molecule is CCOC(=O)CC(C(=O)OCC)C(P(=O)(OCC)OCC)P(=O)(OCC)OCC. The van der Waals surface area contributed by atoms with Crippen LogP contribution in [0, 0.1) is 5.92 Å². The fourth-order valence-corrected chi connectivity index (χ4v) is 8.39. The van der Waals surface area contributed by atoms with Gasteiger partial charge in [-0.2, -0.15) is 0 Å². The monoisotopic (exact) mass is 460 g/mol. The molecule has 0 bridgehead atoms. The van der Waals surface area contributed by atoms with Crippen LogP contribution in [-0.4, -0.2) is 57.0 Å². The number of esters is 2.